The molecule has 4 heteroatoms. The highest BCUT2D eigenvalue weighted by atomic mass is 16.3. The number of carbonyl (C=O) groups is 1. The second-order valence-electron chi connectivity index (χ2n) is 4.21. The lowest BCUT2D eigenvalue weighted by Gasteiger charge is -1.95. The van der Waals surface area contributed by atoms with Crippen molar-refractivity contribution < 1.29 is 9.21 Å². The van der Waals surface area contributed by atoms with E-state index in [1.54, 1.807) is 30.6 Å². The topological polar surface area (TPSA) is 56.0 Å². The third-order valence-electron chi connectivity index (χ3n) is 2.96. The van der Waals surface area contributed by atoms with Gasteiger partial charge in [-0.25, -0.2) is 4.98 Å². The van der Waals surface area contributed by atoms with Crippen LogP contribution < -0.4 is 0 Å². The molecule has 0 bridgehead atoms. The second-order valence-corrected chi connectivity index (χ2v) is 4.21. The fourth-order valence-corrected chi connectivity index (χ4v) is 1.92. The van der Waals surface area contributed by atoms with Gasteiger partial charge in [0.05, 0.1) is 0 Å². The van der Waals surface area contributed by atoms with Crippen LogP contribution >= 0.6 is 0 Å². The number of Topliss-reactive ketones (excluding diaryl/α,β-unsaturated/α-hetero) is 1. The van der Waals surface area contributed by atoms with E-state index in [4.69, 9.17) is 4.42 Å². The maximum absolute atomic E-state index is 11.7. The molecule has 0 fully saturated rings. The Labute approximate surface area is 110 Å². The number of carbonyl (C=O) groups excluding carboxylic acids is 1. The van der Waals surface area contributed by atoms with Crippen molar-refractivity contribution in [1.29, 1.82) is 0 Å². The fourth-order valence-electron chi connectivity index (χ4n) is 1.92. The molecule has 94 valence electrons. The zero-order valence-corrected chi connectivity index (χ0v) is 10.5. The highest BCUT2D eigenvalue weighted by Gasteiger charge is 2.10. The first-order valence-electron chi connectivity index (χ1n) is 6.12. The van der Waals surface area contributed by atoms with Crippen LogP contribution in [0.5, 0.6) is 0 Å². The monoisotopic (exact) mass is 252 g/mol. The van der Waals surface area contributed by atoms with Gasteiger partial charge in [-0.1, -0.05) is 6.92 Å². The minimum absolute atomic E-state index is 0.107. The number of oxazole rings is 1. The molecule has 0 aliphatic rings. The van der Waals surface area contributed by atoms with E-state index in [1.165, 1.54) is 0 Å². The minimum Gasteiger partial charge on any atom is -0.436 e. The van der Waals surface area contributed by atoms with Crippen LogP contribution in [0.3, 0.4) is 0 Å². The van der Waals surface area contributed by atoms with Crippen molar-refractivity contribution in [2.24, 2.45) is 0 Å². The molecule has 1 aromatic carbocycles. The van der Waals surface area contributed by atoms with Crippen molar-refractivity contribution in [1.82, 2.24) is 9.97 Å². The highest BCUT2D eigenvalue weighted by molar-refractivity contribution is 5.98. The summed E-state index contributed by atoms with van der Waals surface area (Å²) in [5.41, 5.74) is 2.92. The maximum Gasteiger partial charge on any atom is 0.227 e. The van der Waals surface area contributed by atoms with Crippen LogP contribution in [-0.2, 0) is 0 Å². The Morgan fingerprint density at radius 3 is 2.74 bits per heavy atom. The summed E-state index contributed by atoms with van der Waals surface area (Å²) < 4.78 is 5.67. The number of hydrogen-bond donors (Lipinski definition) is 0. The molecule has 0 aliphatic carbocycles. The van der Waals surface area contributed by atoms with E-state index in [1.807, 2.05) is 19.1 Å². The summed E-state index contributed by atoms with van der Waals surface area (Å²) >= 11 is 0. The fraction of sp³-hybridized carbons (Fsp3) is 0.133. The molecule has 0 saturated heterocycles. The maximum atomic E-state index is 11.7. The summed E-state index contributed by atoms with van der Waals surface area (Å²) in [4.78, 5) is 20.0. The Balaban J connectivity index is 2.09. The van der Waals surface area contributed by atoms with Crippen LogP contribution in [0.2, 0.25) is 0 Å². The third kappa shape index (κ3) is 2.12. The first-order valence-corrected chi connectivity index (χ1v) is 6.12. The van der Waals surface area contributed by atoms with Gasteiger partial charge in [0, 0.05) is 29.9 Å². The van der Waals surface area contributed by atoms with Gasteiger partial charge in [0.15, 0.2) is 11.4 Å². The molecule has 0 N–H and O–H groups in total. The normalized spacial score (nSPS) is 10.8. The average molecular weight is 252 g/mol. The van der Waals surface area contributed by atoms with Crippen LogP contribution in [-0.4, -0.2) is 15.8 Å². The number of hydrogen-bond acceptors (Lipinski definition) is 4. The first kappa shape index (κ1) is 11.6. The van der Waals surface area contributed by atoms with Crippen molar-refractivity contribution in [3.63, 3.8) is 0 Å². The van der Waals surface area contributed by atoms with Crippen LogP contribution in [0.15, 0.2) is 47.1 Å². The number of aromatic nitrogens is 2. The van der Waals surface area contributed by atoms with Gasteiger partial charge in [-0.15, -0.1) is 0 Å². The van der Waals surface area contributed by atoms with E-state index < -0.39 is 0 Å². The molecule has 3 aromatic rings. The number of rotatable bonds is 3. The van der Waals surface area contributed by atoms with Gasteiger partial charge in [0.1, 0.15) is 5.52 Å². The molecule has 0 saturated carbocycles. The molecular formula is C15H12N2O2. The van der Waals surface area contributed by atoms with Gasteiger partial charge in [-0.2, -0.15) is 0 Å². The molecule has 3 rings (SSSR count). The smallest absolute Gasteiger partial charge is 0.227 e. The predicted molar refractivity (Wildman–Crippen MR) is 71.9 cm³/mol. The average Bonchev–Trinajstić information content (AvgIpc) is 2.90. The second kappa shape index (κ2) is 4.65. The van der Waals surface area contributed by atoms with Crippen molar-refractivity contribution in [2.45, 2.75) is 13.3 Å². The quantitative estimate of drug-likeness (QED) is 0.669. The van der Waals surface area contributed by atoms with Crippen LogP contribution in [0.4, 0.5) is 0 Å². The van der Waals surface area contributed by atoms with Gasteiger partial charge in [-0.05, 0) is 30.3 Å². The lowest BCUT2D eigenvalue weighted by molar-refractivity contribution is 0.0988. The van der Waals surface area contributed by atoms with Crippen molar-refractivity contribution >= 4 is 16.9 Å². The zero-order chi connectivity index (χ0) is 13.2. The minimum atomic E-state index is 0.107. The zero-order valence-electron chi connectivity index (χ0n) is 10.5. The Hall–Kier alpha value is -2.49. The summed E-state index contributed by atoms with van der Waals surface area (Å²) in [5, 5.41) is 0. The molecule has 0 spiro atoms. The summed E-state index contributed by atoms with van der Waals surface area (Å²) in [6.07, 6.45) is 3.87. The molecule has 19 heavy (non-hydrogen) atoms. The van der Waals surface area contributed by atoms with E-state index >= 15 is 0 Å². The Bertz CT molecular complexity index is 732. The van der Waals surface area contributed by atoms with E-state index in [9.17, 15) is 4.79 Å². The highest BCUT2D eigenvalue weighted by Crippen LogP contribution is 2.24. The van der Waals surface area contributed by atoms with Crippen molar-refractivity contribution in [2.75, 3.05) is 0 Å². The van der Waals surface area contributed by atoms with Gasteiger partial charge in [-0.3, -0.25) is 9.78 Å². The molecule has 0 unspecified atom stereocenters. The van der Waals surface area contributed by atoms with Crippen molar-refractivity contribution in [3.8, 4) is 11.5 Å². The van der Waals surface area contributed by atoms with E-state index in [0.717, 1.165) is 5.56 Å². The predicted octanol–water partition coefficient (Wildman–Crippen LogP) is 3.48. The summed E-state index contributed by atoms with van der Waals surface area (Å²) in [5.74, 6) is 0.647. The number of nitrogens with zero attached hydrogens (tertiary/aromatic N) is 2. The van der Waals surface area contributed by atoms with E-state index in [2.05, 4.69) is 9.97 Å². The Morgan fingerprint density at radius 1 is 1.21 bits per heavy atom. The molecule has 0 atom stereocenters. The first-order chi connectivity index (χ1) is 9.28. The lowest BCUT2D eigenvalue weighted by Crippen LogP contribution is -1.95. The van der Waals surface area contributed by atoms with Gasteiger partial charge in [0.25, 0.3) is 0 Å². The van der Waals surface area contributed by atoms with E-state index in [0.29, 0.717) is 29.0 Å². The lowest BCUT2D eigenvalue weighted by atomic mass is 10.1. The van der Waals surface area contributed by atoms with Gasteiger partial charge < -0.3 is 4.42 Å². The van der Waals surface area contributed by atoms with Crippen molar-refractivity contribution in [3.05, 3.63) is 48.3 Å². The SMILES string of the molecule is CCC(=O)c1ccc2oc(-c3ccncc3)nc2c1. The number of pyridine rings is 1. The molecule has 0 amide bonds. The summed E-state index contributed by atoms with van der Waals surface area (Å²) in [6.45, 7) is 1.84. The molecule has 4 nitrogen and oxygen atoms in total. The standard InChI is InChI=1S/C15H12N2O2/c1-2-13(18)11-3-4-14-12(9-11)17-15(19-14)10-5-7-16-8-6-10/h3-9H,2H2,1H3. The number of benzene rings is 1. The summed E-state index contributed by atoms with van der Waals surface area (Å²) in [6, 6.07) is 9.01. The van der Waals surface area contributed by atoms with Gasteiger partial charge in [0.2, 0.25) is 5.89 Å². The van der Waals surface area contributed by atoms with Gasteiger partial charge >= 0.3 is 0 Å². The third-order valence-corrected chi connectivity index (χ3v) is 2.96. The summed E-state index contributed by atoms with van der Waals surface area (Å²) in [7, 11) is 0. The Morgan fingerprint density at radius 2 is 2.00 bits per heavy atom. The molecular weight excluding hydrogens is 240 g/mol. The largest absolute Gasteiger partial charge is 0.436 e. The number of ketones is 1. The van der Waals surface area contributed by atoms with Crippen LogP contribution in [0.25, 0.3) is 22.6 Å². The van der Waals surface area contributed by atoms with Crippen LogP contribution in [0, 0.1) is 0 Å². The number of fused-ring (bicyclic) bond motifs is 1. The molecule has 0 aliphatic heterocycles. The van der Waals surface area contributed by atoms with E-state index in [-0.39, 0.29) is 5.78 Å². The van der Waals surface area contributed by atoms with Crippen LogP contribution in [0.1, 0.15) is 23.7 Å². The Kier molecular flexibility index (Phi) is 2.83. The molecule has 2 aromatic heterocycles. The molecule has 2 heterocycles. The molecule has 0 radical (unpaired) electrons.